The molecule has 2 unspecified atom stereocenters. The van der Waals surface area contributed by atoms with Gasteiger partial charge in [-0.25, -0.2) is 0 Å². The van der Waals surface area contributed by atoms with E-state index in [1.807, 2.05) is 0 Å². The van der Waals surface area contributed by atoms with Gasteiger partial charge in [0.1, 0.15) is 6.10 Å². The molecule has 0 aromatic heterocycles. The number of carbonyl (C=O) groups is 1. The lowest BCUT2D eigenvalue weighted by Gasteiger charge is -2.27. The number of esters is 1. The van der Waals surface area contributed by atoms with Crippen molar-refractivity contribution in [3.8, 4) is 0 Å². The molecule has 0 bridgehead atoms. The third kappa shape index (κ3) is 9.98. The maximum atomic E-state index is 11.3. The molecule has 0 N–H and O–H groups in total. The van der Waals surface area contributed by atoms with Crippen LogP contribution < -0.4 is 0 Å². The van der Waals surface area contributed by atoms with Crippen LogP contribution in [0.5, 0.6) is 0 Å². The van der Waals surface area contributed by atoms with Gasteiger partial charge in [-0.1, -0.05) is 65.7 Å². The van der Waals surface area contributed by atoms with E-state index in [9.17, 15) is 4.79 Å². The fraction of sp³-hybridized carbons (Fsp3) is 0.941. The van der Waals surface area contributed by atoms with Crippen molar-refractivity contribution in [2.24, 2.45) is 5.92 Å². The Bertz CT molecular complexity index is 213. The van der Waals surface area contributed by atoms with Gasteiger partial charge in [0.05, 0.1) is 0 Å². The normalized spacial score (nSPS) is 14.1. The van der Waals surface area contributed by atoms with Crippen LogP contribution in [0.25, 0.3) is 0 Å². The predicted octanol–water partition coefficient (Wildman–Crippen LogP) is 5.50. The maximum absolute atomic E-state index is 11.3. The first-order chi connectivity index (χ1) is 9.15. The van der Waals surface area contributed by atoms with Crippen LogP contribution in [0.2, 0.25) is 0 Å². The van der Waals surface area contributed by atoms with Crippen LogP contribution in [0.15, 0.2) is 0 Å². The van der Waals surface area contributed by atoms with Crippen molar-refractivity contribution in [2.75, 3.05) is 0 Å². The topological polar surface area (TPSA) is 26.3 Å². The monoisotopic (exact) mass is 270 g/mol. The average molecular weight is 270 g/mol. The molecule has 0 aromatic rings. The van der Waals surface area contributed by atoms with E-state index in [0.29, 0.717) is 5.92 Å². The summed E-state index contributed by atoms with van der Waals surface area (Å²) in [5.74, 6) is 0.458. The summed E-state index contributed by atoms with van der Waals surface area (Å²) >= 11 is 0. The van der Waals surface area contributed by atoms with Gasteiger partial charge in [0, 0.05) is 6.92 Å². The number of hydrogen-bond acceptors (Lipinski definition) is 2. The van der Waals surface area contributed by atoms with Gasteiger partial charge >= 0.3 is 5.97 Å². The summed E-state index contributed by atoms with van der Waals surface area (Å²) in [6, 6.07) is 0. The number of unbranched alkanes of at least 4 members (excludes halogenated alkanes) is 4. The zero-order valence-corrected chi connectivity index (χ0v) is 13.5. The molecule has 0 aromatic carbocycles. The first-order valence-electron chi connectivity index (χ1n) is 8.32. The highest BCUT2D eigenvalue weighted by Gasteiger charge is 2.22. The Balaban J connectivity index is 4.42. The Morgan fingerprint density at radius 2 is 1.37 bits per heavy atom. The first-order valence-corrected chi connectivity index (χ1v) is 8.32. The lowest BCUT2D eigenvalue weighted by Crippen LogP contribution is -2.26. The molecule has 0 rings (SSSR count). The van der Waals surface area contributed by atoms with E-state index in [-0.39, 0.29) is 12.1 Å². The lowest BCUT2D eigenvalue weighted by atomic mass is 9.88. The highest BCUT2D eigenvalue weighted by Crippen LogP contribution is 2.26. The molecule has 0 radical (unpaired) electrons. The van der Waals surface area contributed by atoms with Gasteiger partial charge in [0.25, 0.3) is 0 Å². The molecule has 0 aliphatic heterocycles. The Labute approximate surface area is 120 Å². The second-order valence-corrected chi connectivity index (χ2v) is 5.69. The summed E-state index contributed by atoms with van der Waals surface area (Å²) in [5.41, 5.74) is 0. The summed E-state index contributed by atoms with van der Waals surface area (Å²) in [7, 11) is 0. The Morgan fingerprint density at radius 1 is 0.842 bits per heavy atom. The molecule has 2 heteroatoms. The highest BCUT2D eigenvalue weighted by atomic mass is 16.5. The van der Waals surface area contributed by atoms with E-state index in [4.69, 9.17) is 4.74 Å². The van der Waals surface area contributed by atoms with Crippen LogP contribution in [0.3, 0.4) is 0 Å². The minimum atomic E-state index is -0.113. The van der Waals surface area contributed by atoms with E-state index < -0.39 is 0 Å². The van der Waals surface area contributed by atoms with Gasteiger partial charge in [0.15, 0.2) is 0 Å². The lowest BCUT2D eigenvalue weighted by molar-refractivity contribution is -0.150. The van der Waals surface area contributed by atoms with Crippen LogP contribution in [0.1, 0.15) is 91.9 Å². The summed E-state index contributed by atoms with van der Waals surface area (Å²) in [5, 5.41) is 0. The third-order valence-corrected chi connectivity index (χ3v) is 3.79. The van der Waals surface area contributed by atoms with Gasteiger partial charge in [-0.3, -0.25) is 4.79 Å². The quantitative estimate of drug-likeness (QED) is 0.346. The van der Waals surface area contributed by atoms with Crippen LogP contribution >= 0.6 is 0 Å². The molecular weight excluding hydrogens is 236 g/mol. The molecule has 19 heavy (non-hydrogen) atoms. The maximum Gasteiger partial charge on any atom is 0.302 e. The SMILES string of the molecule is CCCCCC(CCCC)C(CCCC)OC(C)=O. The highest BCUT2D eigenvalue weighted by molar-refractivity contribution is 5.66. The summed E-state index contributed by atoms with van der Waals surface area (Å²) < 4.78 is 5.60. The predicted molar refractivity (Wildman–Crippen MR) is 82.2 cm³/mol. The van der Waals surface area contributed by atoms with Crippen molar-refractivity contribution in [1.82, 2.24) is 0 Å². The minimum absolute atomic E-state index is 0.113. The molecular formula is C17H34O2. The molecule has 0 aliphatic rings. The van der Waals surface area contributed by atoms with Gasteiger partial charge in [-0.05, 0) is 25.2 Å². The fourth-order valence-corrected chi connectivity index (χ4v) is 2.65. The van der Waals surface area contributed by atoms with Crippen molar-refractivity contribution < 1.29 is 9.53 Å². The van der Waals surface area contributed by atoms with E-state index in [0.717, 1.165) is 12.8 Å². The molecule has 0 saturated heterocycles. The second kappa shape index (κ2) is 12.5. The standard InChI is InChI=1S/C17H34O2/c1-5-8-11-13-16(12-9-6-2)17(14-10-7-3)19-15(4)18/h16-17H,5-14H2,1-4H3. The molecule has 0 spiro atoms. The van der Waals surface area contributed by atoms with E-state index in [1.165, 1.54) is 51.4 Å². The molecule has 2 atom stereocenters. The van der Waals surface area contributed by atoms with Crippen molar-refractivity contribution in [3.63, 3.8) is 0 Å². The molecule has 0 heterocycles. The van der Waals surface area contributed by atoms with Crippen LogP contribution in [0, 0.1) is 5.92 Å². The van der Waals surface area contributed by atoms with Crippen LogP contribution in [-0.4, -0.2) is 12.1 Å². The van der Waals surface area contributed by atoms with Crippen molar-refractivity contribution in [1.29, 1.82) is 0 Å². The van der Waals surface area contributed by atoms with E-state index >= 15 is 0 Å². The van der Waals surface area contributed by atoms with Crippen molar-refractivity contribution in [2.45, 2.75) is 98.0 Å². The molecule has 0 saturated carbocycles. The second-order valence-electron chi connectivity index (χ2n) is 5.69. The van der Waals surface area contributed by atoms with E-state index in [1.54, 1.807) is 6.92 Å². The number of rotatable bonds is 12. The van der Waals surface area contributed by atoms with Crippen molar-refractivity contribution >= 4 is 5.97 Å². The largest absolute Gasteiger partial charge is 0.462 e. The number of carbonyl (C=O) groups excluding carboxylic acids is 1. The molecule has 2 nitrogen and oxygen atoms in total. The summed E-state index contributed by atoms with van der Waals surface area (Å²) in [4.78, 5) is 11.3. The first kappa shape index (κ1) is 18.5. The number of ether oxygens (including phenoxy) is 1. The molecule has 0 aliphatic carbocycles. The zero-order valence-electron chi connectivity index (χ0n) is 13.5. The molecule has 0 fully saturated rings. The number of hydrogen-bond donors (Lipinski definition) is 0. The average Bonchev–Trinajstić information content (AvgIpc) is 2.38. The van der Waals surface area contributed by atoms with Crippen molar-refractivity contribution in [3.05, 3.63) is 0 Å². The van der Waals surface area contributed by atoms with Gasteiger partial charge < -0.3 is 4.74 Å². The van der Waals surface area contributed by atoms with Gasteiger partial charge in [-0.2, -0.15) is 0 Å². The smallest absolute Gasteiger partial charge is 0.302 e. The fourth-order valence-electron chi connectivity index (χ4n) is 2.65. The van der Waals surface area contributed by atoms with Gasteiger partial charge in [-0.15, -0.1) is 0 Å². The molecule has 114 valence electrons. The van der Waals surface area contributed by atoms with Gasteiger partial charge in [0.2, 0.25) is 0 Å². The Morgan fingerprint density at radius 3 is 1.89 bits per heavy atom. The molecule has 0 amide bonds. The summed E-state index contributed by atoms with van der Waals surface area (Å²) in [6.45, 7) is 8.21. The third-order valence-electron chi connectivity index (χ3n) is 3.79. The summed E-state index contributed by atoms with van der Waals surface area (Å²) in [6.07, 6.45) is 12.3. The van der Waals surface area contributed by atoms with Crippen LogP contribution in [0.4, 0.5) is 0 Å². The Kier molecular flexibility index (Phi) is 12.2. The van der Waals surface area contributed by atoms with Crippen LogP contribution in [-0.2, 0) is 9.53 Å². The minimum Gasteiger partial charge on any atom is -0.462 e. The van der Waals surface area contributed by atoms with E-state index in [2.05, 4.69) is 20.8 Å². The Hall–Kier alpha value is -0.530. The zero-order chi connectivity index (χ0) is 14.5.